The van der Waals surface area contributed by atoms with Crippen molar-refractivity contribution >= 4 is 11.9 Å². The van der Waals surface area contributed by atoms with E-state index in [1.54, 1.807) is 11.1 Å². The van der Waals surface area contributed by atoms with Gasteiger partial charge in [-0.25, -0.2) is 0 Å². The molecule has 2 fully saturated rings. The first-order valence-corrected chi connectivity index (χ1v) is 9.81. The molecule has 1 unspecified atom stereocenters. The summed E-state index contributed by atoms with van der Waals surface area (Å²) in [6, 6.07) is 10.0. The normalized spacial score (nSPS) is 20.3. The van der Waals surface area contributed by atoms with Crippen LogP contribution in [-0.4, -0.2) is 44.3 Å². The maximum absolute atomic E-state index is 13.3. The Morgan fingerprint density at radius 1 is 1.07 bits per heavy atom. The number of aromatic nitrogens is 2. The fourth-order valence-electron chi connectivity index (χ4n) is 4.50. The number of rotatable bonds is 5. The highest BCUT2D eigenvalue weighted by Crippen LogP contribution is 2.36. The maximum atomic E-state index is 13.3. The Morgan fingerprint density at radius 2 is 1.81 bits per heavy atom. The molecular formula is C21H25N3O3. The van der Waals surface area contributed by atoms with Gasteiger partial charge >= 0.3 is 5.97 Å². The van der Waals surface area contributed by atoms with Crippen molar-refractivity contribution in [3.8, 4) is 11.3 Å². The molecule has 1 saturated carbocycles. The highest BCUT2D eigenvalue weighted by Gasteiger charge is 2.34. The van der Waals surface area contributed by atoms with Gasteiger partial charge in [0.25, 0.3) is 5.91 Å². The average molecular weight is 367 g/mol. The number of likely N-dealkylation sites (tertiary alicyclic amines) is 1. The first kappa shape index (κ1) is 17.8. The van der Waals surface area contributed by atoms with Crippen LogP contribution in [0.15, 0.2) is 36.5 Å². The Bertz CT molecular complexity index is 824. The molecule has 1 amide bonds. The van der Waals surface area contributed by atoms with Crippen LogP contribution in [0.5, 0.6) is 0 Å². The van der Waals surface area contributed by atoms with Crippen molar-refractivity contribution in [3.05, 3.63) is 42.1 Å². The molecule has 142 valence electrons. The number of hydrogen-bond acceptors (Lipinski definition) is 3. The number of amides is 1. The quantitative estimate of drug-likeness (QED) is 0.873. The molecule has 0 spiro atoms. The molecule has 27 heavy (non-hydrogen) atoms. The van der Waals surface area contributed by atoms with Gasteiger partial charge in [-0.1, -0.05) is 43.2 Å². The van der Waals surface area contributed by atoms with Gasteiger partial charge in [0.05, 0.1) is 29.9 Å². The summed E-state index contributed by atoms with van der Waals surface area (Å²) in [5, 5.41) is 13.8. The van der Waals surface area contributed by atoms with E-state index in [9.17, 15) is 9.59 Å². The van der Waals surface area contributed by atoms with Crippen LogP contribution in [0.25, 0.3) is 11.3 Å². The van der Waals surface area contributed by atoms with Gasteiger partial charge in [0.15, 0.2) is 0 Å². The van der Waals surface area contributed by atoms with E-state index < -0.39 is 5.97 Å². The highest BCUT2D eigenvalue weighted by molar-refractivity contribution is 6.00. The Morgan fingerprint density at radius 3 is 2.52 bits per heavy atom. The highest BCUT2D eigenvalue weighted by atomic mass is 16.4. The number of carbonyl (C=O) groups excluding carboxylic acids is 1. The van der Waals surface area contributed by atoms with Gasteiger partial charge < -0.3 is 10.0 Å². The molecule has 1 N–H and O–H groups in total. The Hall–Kier alpha value is -2.63. The predicted octanol–water partition coefficient (Wildman–Crippen LogP) is 3.74. The summed E-state index contributed by atoms with van der Waals surface area (Å²) in [6.07, 6.45) is 7.82. The minimum atomic E-state index is -0.857. The Balaban J connectivity index is 1.72. The second-order valence-electron chi connectivity index (χ2n) is 7.55. The van der Waals surface area contributed by atoms with Crippen LogP contribution in [0.4, 0.5) is 0 Å². The molecule has 6 heteroatoms. The summed E-state index contributed by atoms with van der Waals surface area (Å²) in [6.45, 7) is 0.611. The average Bonchev–Trinajstić information content (AvgIpc) is 3.41. The van der Waals surface area contributed by atoms with Crippen LogP contribution in [0, 0.1) is 0 Å². The third kappa shape index (κ3) is 3.48. The fourth-order valence-corrected chi connectivity index (χ4v) is 4.50. The number of carboxylic acids is 1. The zero-order chi connectivity index (χ0) is 18.8. The van der Waals surface area contributed by atoms with Crippen LogP contribution >= 0.6 is 0 Å². The zero-order valence-electron chi connectivity index (χ0n) is 15.4. The van der Waals surface area contributed by atoms with E-state index in [1.165, 1.54) is 12.8 Å². The van der Waals surface area contributed by atoms with Crippen LogP contribution in [-0.2, 0) is 4.79 Å². The van der Waals surface area contributed by atoms with Crippen molar-refractivity contribution in [1.29, 1.82) is 0 Å². The Labute approximate surface area is 158 Å². The van der Waals surface area contributed by atoms with E-state index >= 15 is 0 Å². The van der Waals surface area contributed by atoms with Gasteiger partial charge in [-0.05, 0) is 25.7 Å². The molecule has 2 aromatic rings. The molecular weight excluding hydrogens is 342 g/mol. The molecule has 2 heterocycles. The third-order valence-electron chi connectivity index (χ3n) is 5.79. The molecule has 1 aliphatic carbocycles. The number of benzene rings is 1. The number of hydrogen-bond donors (Lipinski definition) is 1. The summed E-state index contributed by atoms with van der Waals surface area (Å²) in [5.41, 5.74) is 2.44. The molecule has 1 aromatic heterocycles. The van der Waals surface area contributed by atoms with Gasteiger partial charge in [-0.3, -0.25) is 14.3 Å². The van der Waals surface area contributed by atoms with Gasteiger partial charge in [-0.15, -0.1) is 0 Å². The summed E-state index contributed by atoms with van der Waals surface area (Å²) in [7, 11) is 0. The predicted molar refractivity (Wildman–Crippen MR) is 101 cm³/mol. The summed E-state index contributed by atoms with van der Waals surface area (Å²) >= 11 is 0. The third-order valence-corrected chi connectivity index (χ3v) is 5.79. The number of carboxylic acid groups (broad SMARTS) is 1. The van der Waals surface area contributed by atoms with E-state index in [4.69, 9.17) is 5.11 Å². The lowest BCUT2D eigenvalue weighted by molar-refractivity contribution is -0.137. The number of aliphatic carboxylic acids is 1. The molecule has 0 radical (unpaired) electrons. The molecule has 1 aliphatic heterocycles. The van der Waals surface area contributed by atoms with Gasteiger partial charge in [0.2, 0.25) is 0 Å². The van der Waals surface area contributed by atoms with Crippen LogP contribution < -0.4 is 0 Å². The lowest BCUT2D eigenvalue weighted by Gasteiger charge is -2.24. The second-order valence-corrected chi connectivity index (χ2v) is 7.55. The Kier molecular flexibility index (Phi) is 4.97. The molecule has 0 bridgehead atoms. The molecule has 1 atom stereocenters. The molecule has 1 aromatic carbocycles. The van der Waals surface area contributed by atoms with Crippen molar-refractivity contribution in [2.45, 2.75) is 57.0 Å². The lowest BCUT2D eigenvalue weighted by Crippen LogP contribution is -2.37. The van der Waals surface area contributed by atoms with Gasteiger partial charge in [-0.2, -0.15) is 5.10 Å². The number of carbonyl (C=O) groups is 2. The van der Waals surface area contributed by atoms with Crippen molar-refractivity contribution < 1.29 is 14.7 Å². The van der Waals surface area contributed by atoms with Crippen molar-refractivity contribution in [2.75, 3.05) is 6.54 Å². The minimum Gasteiger partial charge on any atom is -0.481 e. The molecule has 1 saturated heterocycles. The smallest absolute Gasteiger partial charge is 0.305 e. The van der Waals surface area contributed by atoms with E-state index in [2.05, 4.69) is 5.10 Å². The first-order chi connectivity index (χ1) is 13.1. The van der Waals surface area contributed by atoms with Gasteiger partial charge in [0.1, 0.15) is 0 Å². The lowest BCUT2D eigenvalue weighted by atomic mass is 10.0. The minimum absolute atomic E-state index is 0.00315. The molecule has 4 rings (SSSR count). The standard InChI is InChI=1S/C21H25N3O3/c25-19(26)13-17-11-6-12-23(17)21(27)18-14-22-24(16-9-4-5-10-16)20(18)15-7-2-1-3-8-15/h1-3,7-8,14,16-17H,4-6,9-13H2,(H,25,26). The zero-order valence-corrected chi connectivity index (χ0v) is 15.4. The van der Waals surface area contributed by atoms with Crippen LogP contribution in [0.3, 0.4) is 0 Å². The largest absolute Gasteiger partial charge is 0.481 e. The van der Waals surface area contributed by atoms with Crippen molar-refractivity contribution in [1.82, 2.24) is 14.7 Å². The van der Waals surface area contributed by atoms with E-state index in [1.807, 2.05) is 35.0 Å². The van der Waals surface area contributed by atoms with Crippen LogP contribution in [0.1, 0.15) is 61.3 Å². The monoisotopic (exact) mass is 367 g/mol. The SMILES string of the molecule is O=C(O)CC1CCCN1C(=O)c1cnn(C2CCCC2)c1-c1ccccc1. The van der Waals surface area contributed by atoms with Crippen LogP contribution in [0.2, 0.25) is 0 Å². The van der Waals surface area contributed by atoms with Gasteiger partial charge in [0, 0.05) is 18.2 Å². The summed E-state index contributed by atoms with van der Waals surface area (Å²) in [5.74, 6) is -0.952. The summed E-state index contributed by atoms with van der Waals surface area (Å²) < 4.78 is 2.03. The number of nitrogens with zero attached hydrogens (tertiary/aromatic N) is 3. The maximum Gasteiger partial charge on any atom is 0.305 e. The summed E-state index contributed by atoms with van der Waals surface area (Å²) in [4.78, 5) is 26.2. The first-order valence-electron chi connectivity index (χ1n) is 9.81. The second kappa shape index (κ2) is 7.55. The van der Waals surface area contributed by atoms with E-state index in [-0.39, 0.29) is 18.4 Å². The fraction of sp³-hybridized carbons (Fsp3) is 0.476. The molecule has 6 nitrogen and oxygen atoms in total. The van der Waals surface area contributed by atoms with E-state index in [0.29, 0.717) is 18.2 Å². The molecule has 2 aliphatic rings. The van der Waals surface area contributed by atoms with E-state index in [0.717, 1.165) is 36.9 Å². The topological polar surface area (TPSA) is 75.4 Å². The van der Waals surface area contributed by atoms with Crippen molar-refractivity contribution in [3.63, 3.8) is 0 Å². The van der Waals surface area contributed by atoms with Crippen molar-refractivity contribution in [2.24, 2.45) is 0 Å².